The summed E-state index contributed by atoms with van der Waals surface area (Å²) >= 11 is 0. The first-order valence-electron chi connectivity index (χ1n) is 5.55. The van der Waals surface area contributed by atoms with Gasteiger partial charge in [-0.15, -0.1) is 5.10 Å². The molecule has 0 aromatic carbocycles. The zero-order valence-electron chi connectivity index (χ0n) is 10.7. The Morgan fingerprint density at radius 1 is 1.68 bits per heavy atom. The van der Waals surface area contributed by atoms with E-state index in [0.29, 0.717) is 0 Å². The second-order valence-electron chi connectivity index (χ2n) is 4.28. The molecule has 19 heavy (non-hydrogen) atoms. The van der Waals surface area contributed by atoms with Crippen LogP contribution in [0.25, 0.3) is 0 Å². The zero-order valence-corrected chi connectivity index (χ0v) is 10.7. The fourth-order valence-corrected chi connectivity index (χ4v) is 1.21. The van der Waals surface area contributed by atoms with E-state index in [1.54, 1.807) is 0 Å². The van der Waals surface area contributed by atoms with Crippen LogP contribution in [0.1, 0.15) is 19.5 Å². The summed E-state index contributed by atoms with van der Waals surface area (Å²) in [5, 5.41) is 28.2. The highest BCUT2D eigenvalue weighted by Gasteiger charge is 2.23. The van der Waals surface area contributed by atoms with Crippen molar-refractivity contribution in [3.8, 4) is 0 Å². The van der Waals surface area contributed by atoms with Gasteiger partial charge in [-0.25, -0.2) is 4.68 Å². The molecule has 0 aliphatic heterocycles. The van der Waals surface area contributed by atoms with Gasteiger partial charge in [0.2, 0.25) is 5.91 Å². The third-order valence-corrected chi connectivity index (χ3v) is 2.51. The molecule has 0 aliphatic rings. The molecule has 0 spiro atoms. The molecule has 8 heteroatoms. The van der Waals surface area contributed by atoms with Crippen molar-refractivity contribution in [2.75, 3.05) is 0 Å². The van der Waals surface area contributed by atoms with Gasteiger partial charge in [0, 0.05) is 0 Å². The Balaban J connectivity index is 2.66. The van der Waals surface area contributed by atoms with Gasteiger partial charge in [0.25, 0.3) is 0 Å². The van der Waals surface area contributed by atoms with Crippen LogP contribution in [0, 0.1) is 0 Å². The number of aromatic nitrogens is 3. The second kappa shape index (κ2) is 5.61. The Morgan fingerprint density at radius 3 is 2.84 bits per heavy atom. The number of amides is 1. The van der Waals surface area contributed by atoms with Crippen LogP contribution in [0.2, 0.25) is 0 Å². The first-order chi connectivity index (χ1) is 8.76. The van der Waals surface area contributed by atoms with E-state index < -0.39 is 23.5 Å². The predicted molar refractivity (Wildman–Crippen MR) is 65.0 cm³/mol. The van der Waals surface area contributed by atoms with E-state index in [9.17, 15) is 14.7 Å². The fourth-order valence-electron chi connectivity index (χ4n) is 1.21. The summed E-state index contributed by atoms with van der Waals surface area (Å²) in [7, 11) is 0. The van der Waals surface area contributed by atoms with Crippen molar-refractivity contribution in [2.24, 2.45) is 0 Å². The SMILES string of the molecule is C=CC(C)(O)c1cn(CC(=O)NC(C)C(=O)O)nn1. The maximum atomic E-state index is 11.5. The van der Waals surface area contributed by atoms with Gasteiger partial charge in [0.15, 0.2) is 0 Å². The molecule has 2 atom stereocenters. The lowest BCUT2D eigenvalue weighted by Crippen LogP contribution is -2.40. The average molecular weight is 268 g/mol. The number of carbonyl (C=O) groups is 2. The molecule has 8 nitrogen and oxygen atoms in total. The third kappa shape index (κ3) is 3.88. The molecule has 1 amide bonds. The Labute approximate surface area is 109 Å². The number of aliphatic hydroxyl groups is 1. The Kier molecular flexibility index (Phi) is 4.38. The van der Waals surface area contributed by atoms with Crippen LogP contribution in [0.15, 0.2) is 18.9 Å². The van der Waals surface area contributed by atoms with Crippen molar-refractivity contribution in [3.05, 3.63) is 24.5 Å². The van der Waals surface area contributed by atoms with Gasteiger partial charge in [-0.05, 0) is 13.8 Å². The maximum absolute atomic E-state index is 11.5. The van der Waals surface area contributed by atoms with Gasteiger partial charge in [0.05, 0.1) is 6.20 Å². The largest absolute Gasteiger partial charge is 0.480 e. The highest BCUT2D eigenvalue weighted by Crippen LogP contribution is 2.17. The molecule has 104 valence electrons. The molecule has 3 N–H and O–H groups in total. The monoisotopic (exact) mass is 268 g/mol. The highest BCUT2D eigenvalue weighted by molar-refractivity contribution is 5.82. The van der Waals surface area contributed by atoms with E-state index in [1.165, 1.54) is 30.8 Å². The summed E-state index contributed by atoms with van der Waals surface area (Å²) in [6, 6.07) is -0.980. The minimum atomic E-state index is -1.33. The number of nitrogens with zero attached hydrogens (tertiary/aromatic N) is 3. The molecule has 0 saturated heterocycles. The Morgan fingerprint density at radius 2 is 2.32 bits per heavy atom. The van der Waals surface area contributed by atoms with Crippen molar-refractivity contribution in [1.29, 1.82) is 0 Å². The lowest BCUT2D eigenvalue weighted by Gasteiger charge is -2.13. The summed E-state index contributed by atoms with van der Waals surface area (Å²) in [5.74, 6) is -1.63. The zero-order chi connectivity index (χ0) is 14.6. The van der Waals surface area contributed by atoms with Crippen LogP contribution in [0.4, 0.5) is 0 Å². The van der Waals surface area contributed by atoms with E-state index in [-0.39, 0.29) is 12.2 Å². The van der Waals surface area contributed by atoms with E-state index in [1.807, 2.05) is 0 Å². The van der Waals surface area contributed by atoms with Gasteiger partial charge in [-0.3, -0.25) is 9.59 Å². The Bertz CT molecular complexity index is 495. The summed E-state index contributed by atoms with van der Waals surface area (Å²) in [6.45, 7) is 6.13. The normalized spacial score (nSPS) is 15.3. The molecule has 0 aliphatic carbocycles. The van der Waals surface area contributed by atoms with E-state index in [4.69, 9.17) is 5.11 Å². The van der Waals surface area contributed by atoms with Crippen LogP contribution in [0.3, 0.4) is 0 Å². The third-order valence-electron chi connectivity index (χ3n) is 2.51. The molecular formula is C11H16N4O4. The first kappa shape index (κ1) is 14.8. The topological polar surface area (TPSA) is 117 Å². The van der Waals surface area contributed by atoms with Crippen molar-refractivity contribution >= 4 is 11.9 Å². The summed E-state index contributed by atoms with van der Waals surface area (Å²) in [4.78, 5) is 22.1. The molecular weight excluding hydrogens is 252 g/mol. The fraction of sp³-hybridized carbons (Fsp3) is 0.455. The second-order valence-corrected chi connectivity index (χ2v) is 4.28. The van der Waals surface area contributed by atoms with Crippen molar-refractivity contribution in [2.45, 2.75) is 32.0 Å². The highest BCUT2D eigenvalue weighted by atomic mass is 16.4. The average Bonchev–Trinajstić information content (AvgIpc) is 2.77. The van der Waals surface area contributed by atoms with Crippen molar-refractivity contribution < 1.29 is 19.8 Å². The van der Waals surface area contributed by atoms with Crippen LogP contribution < -0.4 is 5.32 Å². The van der Waals surface area contributed by atoms with Crippen molar-refractivity contribution in [3.63, 3.8) is 0 Å². The van der Waals surface area contributed by atoms with Gasteiger partial charge >= 0.3 is 5.97 Å². The van der Waals surface area contributed by atoms with E-state index in [0.717, 1.165) is 0 Å². The minimum absolute atomic E-state index is 0.183. The number of aliphatic carboxylic acids is 1. The number of hydrogen-bond acceptors (Lipinski definition) is 5. The summed E-state index contributed by atoms with van der Waals surface area (Å²) in [6.07, 6.45) is 2.70. The molecule has 1 rings (SSSR count). The Hall–Kier alpha value is -2.22. The van der Waals surface area contributed by atoms with Gasteiger partial charge in [0.1, 0.15) is 23.9 Å². The standard InChI is InChI=1S/C11H16N4O4/c1-4-11(3,19)8-5-15(14-13-8)6-9(16)12-7(2)10(17)18/h4-5,7,19H,1,6H2,2-3H3,(H,12,16)(H,17,18). The molecule has 0 bridgehead atoms. The quantitative estimate of drug-likeness (QED) is 0.585. The van der Waals surface area contributed by atoms with E-state index >= 15 is 0 Å². The molecule has 0 radical (unpaired) electrons. The summed E-state index contributed by atoms with van der Waals surface area (Å²) < 4.78 is 1.21. The number of carbonyl (C=O) groups excluding carboxylic acids is 1. The molecule has 0 fully saturated rings. The van der Waals surface area contributed by atoms with Crippen LogP contribution >= 0.6 is 0 Å². The van der Waals surface area contributed by atoms with Gasteiger partial charge in [-0.1, -0.05) is 17.9 Å². The van der Waals surface area contributed by atoms with Crippen LogP contribution in [-0.2, 0) is 21.7 Å². The summed E-state index contributed by atoms with van der Waals surface area (Å²) in [5.41, 5.74) is -1.08. The molecule has 1 aromatic heterocycles. The van der Waals surface area contributed by atoms with Gasteiger partial charge in [-0.2, -0.15) is 0 Å². The molecule has 0 saturated carbocycles. The molecule has 1 aromatic rings. The number of nitrogens with one attached hydrogen (secondary N) is 1. The van der Waals surface area contributed by atoms with Crippen LogP contribution in [-0.4, -0.2) is 43.1 Å². The number of rotatable bonds is 6. The number of carboxylic acid groups (broad SMARTS) is 1. The minimum Gasteiger partial charge on any atom is -0.480 e. The number of hydrogen-bond donors (Lipinski definition) is 3. The smallest absolute Gasteiger partial charge is 0.325 e. The van der Waals surface area contributed by atoms with E-state index in [2.05, 4.69) is 22.2 Å². The predicted octanol–water partition coefficient (Wildman–Crippen LogP) is -0.739. The molecule has 1 heterocycles. The van der Waals surface area contributed by atoms with Crippen molar-refractivity contribution in [1.82, 2.24) is 20.3 Å². The van der Waals surface area contributed by atoms with Gasteiger partial charge < -0.3 is 15.5 Å². The van der Waals surface area contributed by atoms with Crippen LogP contribution in [0.5, 0.6) is 0 Å². The lowest BCUT2D eigenvalue weighted by molar-refractivity contribution is -0.141. The lowest BCUT2D eigenvalue weighted by atomic mass is 10.0. The first-order valence-corrected chi connectivity index (χ1v) is 5.55. The maximum Gasteiger partial charge on any atom is 0.325 e. The number of carboxylic acids is 1. The molecule has 2 unspecified atom stereocenters.